The molecule has 0 aliphatic heterocycles. The number of alkyl halides is 6. The minimum Gasteiger partial charge on any atom is -0.421 e. The molecule has 9 nitrogen and oxygen atoms in total. The predicted octanol–water partition coefficient (Wildman–Crippen LogP) is 3.21. The van der Waals surface area contributed by atoms with E-state index in [1.165, 1.54) is 5.56 Å². The van der Waals surface area contributed by atoms with Crippen molar-refractivity contribution in [3.05, 3.63) is 34.2 Å². The van der Waals surface area contributed by atoms with Crippen LogP contribution in [-0.2, 0) is 45.3 Å². The Hall–Kier alpha value is -1.31. The van der Waals surface area contributed by atoms with Gasteiger partial charge in [-0.15, -0.1) is 0 Å². The maximum Gasteiger partial charge on any atom is 0.506 e. The fraction of sp³-hybridized carbons (Fsp3) is 0.688. The van der Waals surface area contributed by atoms with Gasteiger partial charge in [0, 0.05) is 33.0 Å². The Morgan fingerprint density at radius 2 is 1.29 bits per heavy atom. The van der Waals surface area contributed by atoms with Crippen molar-refractivity contribution in [2.45, 2.75) is 49.8 Å². The molecule has 1 aromatic rings. The van der Waals surface area contributed by atoms with Crippen molar-refractivity contribution in [1.82, 2.24) is 0 Å². The Morgan fingerprint density at radius 1 is 0.882 bits per heavy atom. The van der Waals surface area contributed by atoms with Crippen LogP contribution in [0.2, 0.25) is 6.04 Å². The van der Waals surface area contributed by atoms with Gasteiger partial charge < -0.3 is 17.4 Å². The summed E-state index contributed by atoms with van der Waals surface area (Å²) < 4.78 is 128. The molecule has 1 heterocycles. The normalized spacial score (nSPS) is 13.9. The number of rotatable bonds is 8. The molecule has 200 valence electrons. The molecule has 1 aromatic heterocycles. The zero-order chi connectivity index (χ0) is 27.2. The lowest BCUT2D eigenvalue weighted by Crippen LogP contribution is -2.47. The highest BCUT2D eigenvalue weighted by Crippen LogP contribution is 2.36. The van der Waals surface area contributed by atoms with E-state index in [0.29, 0.717) is 0 Å². The first-order chi connectivity index (χ1) is 15.1. The lowest BCUT2D eigenvalue weighted by atomic mass is 9.88. The van der Waals surface area contributed by atoms with Gasteiger partial charge in [0.2, 0.25) is 0 Å². The van der Waals surface area contributed by atoms with Crippen LogP contribution in [0.15, 0.2) is 24.5 Å². The third-order valence-electron chi connectivity index (χ3n) is 4.11. The molecule has 0 fully saturated rings. The van der Waals surface area contributed by atoms with Crippen molar-refractivity contribution in [3.8, 4) is 0 Å². The quantitative estimate of drug-likeness (QED) is 0.271. The second-order valence-corrected chi connectivity index (χ2v) is 14.1. The molecular formula is C16H26F6N2O7S2Si. The molecule has 34 heavy (non-hydrogen) atoms. The molecule has 0 aromatic carbocycles. The number of aryl methyl sites for hydroxylation is 1. The van der Waals surface area contributed by atoms with Crippen molar-refractivity contribution in [2.24, 2.45) is 0 Å². The molecule has 0 radical (unpaired) electrons. The summed E-state index contributed by atoms with van der Waals surface area (Å²) in [5.74, 6) is 0. The Labute approximate surface area is 195 Å². The van der Waals surface area contributed by atoms with E-state index in [-0.39, 0.29) is 5.41 Å². The number of hydrogen-bond acceptors (Lipinski definition) is 7. The van der Waals surface area contributed by atoms with Gasteiger partial charge in [0.05, 0.1) is 6.04 Å². The molecule has 18 heteroatoms. The van der Waals surface area contributed by atoms with Gasteiger partial charge in [0.25, 0.3) is 0 Å². The van der Waals surface area contributed by atoms with Crippen LogP contribution in [0.1, 0.15) is 26.3 Å². The maximum atomic E-state index is 11.4. The van der Waals surface area contributed by atoms with Crippen LogP contribution in [0.3, 0.4) is 0 Å². The van der Waals surface area contributed by atoms with Gasteiger partial charge in [-0.3, -0.25) is 0 Å². The molecule has 0 amide bonds. The second-order valence-electron chi connectivity index (χ2n) is 7.54. The van der Waals surface area contributed by atoms with Gasteiger partial charge in [0.15, 0.2) is 39.0 Å². The van der Waals surface area contributed by atoms with Gasteiger partial charge in [0.1, 0.15) is 0 Å². The molecule has 0 bridgehead atoms. The Bertz CT molecular complexity index is 956. The van der Waals surface area contributed by atoms with E-state index in [1.807, 2.05) is 0 Å². The molecule has 0 saturated carbocycles. The van der Waals surface area contributed by atoms with Crippen LogP contribution in [0.4, 0.5) is 26.3 Å². The molecule has 0 spiro atoms. The standard InChI is InChI=1S/C14H26NO3Si.C2F6NO4S2/c1-14(2,3)13-8-7-9-15(12-13)10-11-19(16-4,17-5)18-6;3-1(4,5)14(10,11)9-15(12,13)2(6,7)8/h7-9,12H,10-11H2,1-6H3;/q+1;-1. The van der Waals surface area contributed by atoms with E-state index in [1.54, 1.807) is 21.3 Å². The van der Waals surface area contributed by atoms with E-state index >= 15 is 0 Å². The molecule has 0 unspecified atom stereocenters. The van der Waals surface area contributed by atoms with Crippen molar-refractivity contribution < 1.29 is 61.0 Å². The Balaban J connectivity index is 0.000000661. The second kappa shape index (κ2) is 11.6. The molecule has 0 aliphatic rings. The van der Waals surface area contributed by atoms with E-state index in [0.717, 1.165) is 16.7 Å². The predicted molar refractivity (Wildman–Crippen MR) is 110 cm³/mol. The van der Waals surface area contributed by atoms with E-state index in [2.05, 4.69) is 49.9 Å². The number of pyridine rings is 1. The minimum atomic E-state index is -6.72. The van der Waals surface area contributed by atoms with Crippen LogP contribution in [-0.4, -0.2) is 58.0 Å². The molecule has 0 aliphatic carbocycles. The first kappa shape index (κ1) is 32.7. The van der Waals surface area contributed by atoms with E-state index < -0.39 is 39.9 Å². The summed E-state index contributed by atoms with van der Waals surface area (Å²) in [5.41, 5.74) is -10.9. The van der Waals surface area contributed by atoms with Crippen LogP contribution < -0.4 is 4.57 Å². The molecule has 0 saturated heterocycles. The summed E-state index contributed by atoms with van der Waals surface area (Å²) in [5, 5.41) is 0. The van der Waals surface area contributed by atoms with Gasteiger partial charge in [-0.05, 0) is 11.5 Å². The largest absolute Gasteiger partial charge is 0.506 e. The lowest BCUT2D eigenvalue weighted by Gasteiger charge is -2.23. The summed E-state index contributed by atoms with van der Waals surface area (Å²) in [6.07, 6.45) is 4.25. The molecule has 0 atom stereocenters. The van der Waals surface area contributed by atoms with Gasteiger partial charge in [-0.25, -0.2) is 21.4 Å². The van der Waals surface area contributed by atoms with Crippen molar-refractivity contribution in [1.29, 1.82) is 0 Å². The summed E-state index contributed by atoms with van der Waals surface area (Å²) in [6, 6.07) is 5.00. The molecule has 1 rings (SSSR count). The first-order valence-corrected chi connectivity index (χ1v) is 13.9. The van der Waals surface area contributed by atoms with E-state index in [9.17, 15) is 43.2 Å². The monoisotopic (exact) mass is 564 g/mol. The van der Waals surface area contributed by atoms with E-state index in [4.69, 9.17) is 13.3 Å². The number of halogens is 6. The fourth-order valence-electron chi connectivity index (χ4n) is 2.14. The zero-order valence-corrected chi connectivity index (χ0v) is 21.7. The van der Waals surface area contributed by atoms with Gasteiger partial charge in [-0.1, -0.05) is 20.8 Å². The number of hydrogen-bond donors (Lipinski definition) is 0. The SMILES string of the molecule is CO[Si](CC[n+]1cccc(C(C)(C)C)c1)(OC)OC.O=S(=O)([N-]S(=O)(=O)C(F)(F)F)C(F)(F)F. The summed E-state index contributed by atoms with van der Waals surface area (Å²) >= 11 is 0. The average Bonchev–Trinajstić information content (AvgIpc) is 2.67. The highest BCUT2D eigenvalue weighted by Gasteiger charge is 2.47. The average molecular weight is 565 g/mol. The maximum absolute atomic E-state index is 11.4. The summed E-state index contributed by atoms with van der Waals surface area (Å²) in [4.78, 5) is 0. The topological polar surface area (TPSA) is 114 Å². The Kier molecular flexibility index (Phi) is 11.2. The van der Waals surface area contributed by atoms with Crippen LogP contribution >= 0.6 is 0 Å². The zero-order valence-electron chi connectivity index (χ0n) is 19.1. The first-order valence-electron chi connectivity index (χ1n) is 9.09. The highest BCUT2D eigenvalue weighted by molar-refractivity contribution is 8.13. The van der Waals surface area contributed by atoms with Gasteiger partial charge >= 0.3 is 19.8 Å². The Morgan fingerprint density at radius 3 is 1.62 bits per heavy atom. The van der Waals surface area contributed by atoms with Crippen molar-refractivity contribution >= 4 is 28.9 Å². The minimum absolute atomic E-state index is 0.154. The third kappa shape index (κ3) is 9.38. The number of sulfonamides is 2. The third-order valence-corrected chi connectivity index (χ3v) is 9.56. The van der Waals surface area contributed by atoms with Crippen LogP contribution in [0, 0.1) is 0 Å². The highest BCUT2D eigenvalue weighted by atomic mass is 32.3. The molecular weight excluding hydrogens is 538 g/mol. The van der Waals surface area contributed by atoms with Crippen LogP contribution in [0.5, 0.6) is 0 Å². The summed E-state index contributed by atoms with van der Waals surface area (Å²) in [6.45, 7) is 7.47. The number of nitrogens with zero attached hydrogens (tertiary/aromatic N) is 2. The van der Waals surface area contributed by atoms with Gasteiger partial charge in [-0.2, -0.15) is 26.3 Å². The lowest BCUT2D eigenvalue weighted by molar-refractivity contribution is -0.694. The van der Waals surface area contributed by atoms with Crippen molar-refractivity contribution in [3.63, 3.8) is 0 Å². The van der Waals surface area contributed by atoms with Crippen LogP contribution in [0.25, 0.3) is 4.13 Å². The smallest absolute Gasteiger partial charge is 0.421 e. The number of aromatic nitrogens is 1. The fourth-order valence-corrected chi connectivity index (χ4v) is 5.49. The van der Waals surface area contributed by atoms with Crippen molar-refractivity contribution in [2.75, 3.05) is 21.3 Å². The molecule has 0 N–H and O–H groups in total. The summed E-state index contributed by atoms with van der Waals surface area (Å²) in [7, 11) is -11.0.